The predicted molar refractivity (Wildman–Crippen MR) is 146 cm³/mol. The van der Waals surface area contributed by atoms with E-state index in [0.717, 1.165) is 12.2 Å². The van der Waals surface area contributed by atoms with E-state index < -0.39 is 0 Å². The molecule has 3 atom stereocenters. The quantitative estimate of drug-likeness (QED) is 0.373. The van der Waals surface area contributed by atoms with Crippen LogP contribution in [0.5, 0.6) is 0 Å². The molecule has 5 heterocycles. The molecule has 4 aromatic rings. The number of carbonyl (C=O) groups is 1. The molecular formula is C28H36N6OS. The number of aryl methyl sites for hydroxylation is 2. The fraction of sp³-hybridized carbons (Fsp3) is 0.536. The number of H-pyrrole nitrogens is 1. The van der Waals surface area contributed by atoms with Gasteiger partial charge in [-0.3, -0.25) is 9.69 Å². The van der Waals surface area contributed by atoms with Crippen LogP contribution >= 0.6 is 11.3 Å². The second kappa shape index (κ2) is 8.70. The minimum Gasteiger partial charge on any atom is -0.355 e. The maximum absolute atomic E-state index is 12.2. The average molecular weight is 505 g/mol. The van der Waals surface area contributed by atoms with E-state index >= 15 is 0 Å². The third kappa shape index (κ3) is 3.52. The van der Waals surface area contributed by atoms with E-state index in [9.17, 15) is 4.79 Å². The molecule has 0 spiro atoms. The number of nitrogens with zero attached hydrogens (tertiary/aromatic N) is 4. The van der Waals surface area contributed by atoms with Crippen molar-refractivity contribution in [1.82, 2.24) is 29.8 Å². The zero-order chi connectivity index (χ0) is 25.3. The van der Waals surface area contributed by atoms with Gasteiger partial charge in [0, 0.05) is 41.2 Å². The van der Waals surface area contributed by atoms with Gasteiger partial charge in [0.05, 0.1) is 12.2 Å². The van der Waals surface area contributed by atoms with Crippen LogP contribution in [0.1, 0.15) is 72.6 Å². The third-order valence-electron chi connectivity index (χ3n) is 8.65. The largest absolute Gasteiger partial charge is 0.355 e. The van der Waals surface area contributed by atoms with Crippen LogP contribution < -0.4 is 5.32 Å². The van der Waals surface area contributed by atoms with Crippen molar-refractivity contribution in [3.63, 3.8) is 0 Å². The van der Waals surface area contributed by atoms with E-state index in [2.05, 4.69) is 66.1 Å². The fourth-order valence-corrected chi connectivity index (χ4v) is 8.28. The van der Waals surface area contributed by atoms with Gasteiger partial charge in [-0.1, -0.05) is 13.8 Å². The second-order valence-corrected chi connectivity index (χ2v) is 12.1. The smallest absolute Gasteiger partial charge is 0.234 e. The van der Waals surface area contributed by atoms with E-state index in [1.165, 1.54) is 56.6 Å². The number of aromatic nitrogens is 4. The van der Waals surface area contributed by atoms with E-state index in [4.69, 9.17) is 0 Å². The van der Waals surface area contributed by atoms with Gasteiger partial charge in [0.1, 0.15) is 11.2 Å². The van der Waals surface area contributed by atoms with Gasteiger partial charge in [0.15, 0.2) is 5.65 Å². The van der Waals surface area contributed by atoms with Crippen LogP contribution in [-0.2, 0) is 4.79 Å². The van der Waals surface area contributed by atoms with Gasteiger partial charge in [0.25, 0.3) is 0 Å². The SMILES string of the molecule is CCNC(=O)CN1C[C@@H]2CC1C[C@H]2c1sc2[nH]c(-c3cn4ncnc4c(C)c3C)c(C(C)C)c2c1C. The second-order valence-electron chi connectivity index (χ2n) is 11.1. The van der Waals surface area contributed by atoms with Crippen LogP contribution in [0.2, 0.25) is 0 Å². The number of fused-ring (bicyclic) bond motifs is 4. The average Bonchev–Trinajstić information content (AvgIpc) is 3.63. The summed E-state index contributed by atoms with van der Waals surface area (Å²) in [4.78, 5) is 25.7. The van der Waals surface area contributed by atoms with Crippen molar-refractivity contribution < 1.29 is 4.79 Å². The molecule has 190 valence electrons. The molecule has 8 heteroatoms. The zero-order valence-corrected chi connectivity index (χ0v) is 22.9. The highest BCUT2D eigenvalue weighted by Crippen LogP contribution is 2.53. The lowest BCUT2D eigenvalue weighted by Gasteiger charge is -2.31. The Morgan fingerprint density at radius 3 is 2.72 bits per heavy atom. The summed E-state index contributed by atoms with van der Waals surface area (Å²) < 4.78 is 1.90. The van der Waals surface area contributed by atoms with Crippen LogP contribution in [0, 0.1) is 26.7 Å². The van der Waals surface area contributed by atoms with Crippen molar-refractivity contribution in [2.45, 2.75) is 72.3 Å². The molecule has 1 amide bonds. The van der Waals surface area contributed by atoms with E-state index in [-0.39, 0.29) is 5.91 Å². The highest BCUT2D eigenvalue weighted by molar-refractivity contribution is 7.19. The van der Waals surface area contributed by atoms with Crippen molar-refractivity contribution >= 4 is 33.1 Å². The highest BCUT2D eigenvalue weighted by Gasteiger charge is 2.46. The molecule has 1 unspecified atom stereocenters. The summed E-state index contributed by atoms with van der Waals surface area (Å²) in [5.74, 6) is 1.80. The monoisotopic (exact) mass is 504 g/mol. The number of amides is 1. The number of piperidine rings is 1. The Morgan fingerprint density at radius 2 is 2.03 bits per heavy atom. The van der Waals surface area contributed by atoms with Crippen LogP contribution in [0.3, 0.4) is 0 Å². The lowest BCUT2D eigenvalue weighted by atomic mass is 9.88. The number of pyridine rings is 1. The first kappa shape index (κ1) is 23.7. The minimum atomic E-state index is 0.158. The lowest BCUT2D eigenvalue weighted by molar-refractivity contribution is -0.122. The normalized spacial score (nSPS) is 22.0. The Kier molecular flexibility index (Phi) is 5.72. The van der Waals surface area contributed by atoms with Crippen LogP contribution in [0.15, 0.2) is 12.5 Å². The summed E-state index contributed by atoms with van der Waals surface area (Å²) in [5, 5.41) is 8.80. The first-order chi connectivity index (χ1) is 17.3. The van der Waals surface area contributed by atoms with Crippen molar-refractivity contribution in [2.24, 2.45) is 5.92 Å². The molecule has 1 aliphatic heterocycles. The molecule has 6 rings (SSSR count). The number of rotatable bonds is 6. The molecule has 7 nitrogen and oxygen atoms in total. The Hall–Kier alpha value is -2.71. The molecule has 1 saturated carbocycles. The number of carbonyl (C=O) groups excluding carboxylic acids is 1. The van der Waals surface area contributed by atoms with Gasteiger partial charge in [-0.2, -0.15) is 5.10 Å². The predicted octanol–water partition coefficient (Wildman–Crippen LogP) is 5.30. The molecule has 2 aliphatic rings. The number of hydrogen-bond donors (Lipinski definition) is 2. The molecule has 2 fully saturated rings. The first-order valence-electron chi connectivity index (χ1n) is 13.2. The molecule has 2 bridgehead atoms. The van der Waals surface area contributed by atoms with Crippen molar-refractivity contribution in [2.75, 3.05) is 19.6 Å². The number of likely N-dealkylation sites (N-methyl/N-ethyl adjacent to an activating group) is 1. The standard InChI is InChI=1S/C28H36N6OS/c1-7-29-22(35)12-33-10-18-8-19(33)9-20(18)26-17(6)24-23(14(2)3)25(32-28(24)36-26)21-11-34-27(30-13-31-34)16(5)15(21)4/h11,13-14,18-20,32H,7-10,12H2,1-6H3,(H,29,35)/t18-,19?,20+/m0/s1. The van der Waals surface area contributed by atoms with Gasteiger partial charge < -0.3 is 10.3 Å². The number of hydrogen-bond acceptors (Lipinski definition) is 5. The zero-order valence-electron chi connectivity index (χ0n) is 22.1. The molecule has 2 N–H and O–H groups in total. The maximum atomic E-state index is 12.2. The van der Waals surface area contributed by atoms with Crippen molar-refractivity contribution in [3.05, 3.63) is 39.7 Å². The molecule has 36 heavy (non-hydrogen) atoms. The van der Waals surface area contributed by atoms with E-state index in [0.29, 0.717) is 36.9 Å². The maximum Gasteiger partial charge on any atom is 0.234 e. The van der Waals surface area contributed by atoms with Crippen LogP contribution in [0.25, 0.3) is 27.1 Å². The Morgan fingerprint density at radius 1 is 1.22 bits per heavy atom. The molecule has 0 radical (unpaired) electrons. The molecule has 1 saturated heterocycles. The Labute approximate surface area is 216 Å². The molecule has 0 aromatic carbocycles. The summed E-state index contributed by atoms with van der Waals surface area (Å²) in [6.45, 7) is 15.5. The molecule has 4 aromatic heterocycles. The number of thiophene rings is 1. The van der Waals surface area contributed by atoms with E-state index in [1.807, 2.05) is 22.8 Å². The first-order valence-corrected chi connectivity index (χ1v) is 14.1. The lowest BCUT2D eigenvalue weighted by Crippen LogP contribution is -2.42. The van der Waals surface area contributed by atoms with Crippen LogP contribution in [-0.4, -0.2) is 56.1 Å². The highest BCUT2D eigenvalue weighted by atomic mass is 32.1. The van der Waals surface area contributed by atoms with Crippen molar-refractivity contribution in [3.8, 4) is 11.3 Å². The van der Waals surface area contributed by atoms with Gasteiger partial charge in [-0.25, -0.2) is 9.50 Å². The topological polar surface area (TPSA) is 78.3 Å². The summed E-state index contributed by atoms with van der Waals surface area (Å²) in [6.07, 6.45) is 6.14. The van der Waals surface area contributed by atoms with Gasteiger partial charge in [-0.05, 0) is 80.5 Å². The number of nitrogens with one attached hydrogen (secondary N) is 2. The van der Waals surface area contributed by atoms with Gasteiger partial charge >= 0.3 is 0 Å². The minimum absolute atomic E-state index is 0.158. The Balaban J connectivity index is 1.36. The summed E-state index contributed by atoms with van der Waals surface area (Å²) in [5.41, 5.74) is 8.64. The summed E-state index contributed by atoms with van der Waals surface area (Å²) >= 11 is 1.96. The molecule has 1 aliphatic carbocycles. The van der Waals surface area contributed by atoms with Crippen molar-refractivity contribution in [1.29, 1.82) is 0 Å². The third-order valence-corrected chi connectivity index (χ3v) is 9.99. The van der Waals surface area contributed by atoms with E-state index in [1.54, 1.807) is 11.2 Å². The molecular weight excluding hydrogens is 468 g/mol. The Bertz CT molecular complexity index is 1480. The van der Waals surface area contributed by atoms with Crippen LogP contribution in [0.4, 0.5) is 0 Å². The summed E-state index contributed by atoms with van der Waals surface area (Å²) in [6, 6.07) is 0.530. The number of aromatic amines is 1. The number of likely N-dealkylation sites (tertiary alicyclic amines) is 1. The summed E-state index contributed by atoms with van der Waals surface area (Å²) in [7, 11) is 0. The fourth-order valence-electron chi connectivity index (χ4n) is 6.84. The van der Waals surface area contributed by atoms with Gasteiger partial charge in [-0.15, -0.1) is 11.3 Å². The van der Waals surface area contributed by atoms with Gasteiger partial charge in [0.2, 0.25) is 5.91 Å².